The molecule has 1 aliphatic heterocycles. The van der Waals surface area contributed by atoms with Crippen molar-refractivity contribution in [3.05, 3.63) is 52.2 Å². The number of hydrogen-bond donors (Lipinski definition) is 0. The Morgan fingerprint density at radius 1 is 1.20 bits per heavy atom. The van der Waals surface area contributed by atoms with Crippen molar-refractivity contribution in [1.29, 1.82) is 0 Å². The highest BCUT2D eigenvalue weighted by Gasteiger charge is 2.41. The Morgan fingerprint density at radius 3 is 2.47 bits per heavy atom. The zero-order valence-electron chi connectivity index (χ0n) is 17.6. The number of rotatable bonds is 6. The lowest BCUT2D eigenvalue weighted by atomic mass is 10.2. The van der Waals surface area contributed by atoms with Gasteiger partial charge in [-0.05, 0) is 81.4 Å². The monoisotopic (exact) mass is 428 g/mol. The molecule has 0 bridgehead atoms. The van der Waals surface area contributed by atoms with Crippen LogP contribution in [0.2, 0.25) is 0 Å². The van der Waals surface area contributed by atoms with Crippen LogP contribution in [-0.2, 0) is 14.3 Å². The van der Waals surface area contributed by atoms with Gasteiger partial charge in [0.25, 0.3) is 11.1 Å². The number of hydrogen-bond acceptors (Lipinski definition) is 6. The number of carbonyl (C=O) groups is 3. The first-order chi connectivity index (χ1) is 14.3. The largest absolute Gasteiger partial charge is 0.497 e. The first-order valence-electron chi connectivity index (χ1n) is 9.55. The van der Waals surface area contributed by atoms with Crippen LogP contribution in [-0.4, -0.2) is 46.3 Å². The van der Waals surface area contributed by atoms with E-state index in [2.05, 4.69) is 4.57 Å². The van der Waals surface area contributed by atoms with Crippen LogP contribution < -0.4 is 4.74 Å². The molecule has 1 aromatic heterocycles. The number of imide groups is 1. The molecule has 0 spiro atoms. The minimum atomic E-state index is -0.963. The van der Waals surface area contributed by atoms with Gasteiger partial charge in [-0.1, -0.05) is 0 Å². The predicted molar refractivity (Wildman–Crippen MR) is 116 cm³/mol. The van der Waals surface area contributed by atoms with Crippen LogP contribution in [0.15, 0.2) is 35.2 Å². The summed E-state index contributed by atoms with van der Waals surface area (Å²) in [5, 5.41) is -0.476. The van der Waals surface area contributed by atoms with Crippen LogP contribution in [0.1, 0.15) is 30.8 Å². The number of amides is 2. The van der Waals surface area contributed by atoms with Gasteiger partial charge in [0, 0.05) is 17.1 Å². The summed E-state index contributed by atoms with van der Waals surface area (Å²) in [5.74, 6) is -0.315. The van der Waals surface area contributed by atoms with Gasteiger partial charge in [-0.3, -0.25) is 14.5 Å². The highest BCUT2D eigenvalue weighted by atomic mass is 32.2. The molecule has 1 fully saturated rings. The highest BCUT2D eigenvalue weighted by Crippen LogP contribution is 2.35. The van der Waals surface area contributed by atoms with E-state index in [0.717, 1.165) is 45.1 Å². The Labute approximate surface area is 179 Å². The number of carbonyl (C=O) groups excluding carboxylic acids is 3. The van der Waals surface area contributed by atoms with Crippen molar-refractivity contribution in [2.45, 2.75) is 33.7 Å². The molecule has 1 aliphatic rings. The number of aryl methyl sites for hydroxylation is 1. The Bertz CT molecular complexity index is 1020. The topological polar surface area (TPSA) is 77.8 Å². The van der Waals surface area contributed by atoms with Crippen LogP contribution in [0.4, 0.5) is 4.79 Å². The summed E-state index contributed by atoms with van der Waals surface area (Å²) >= 11 is 0.830. The Hall–Kier alpha value is -3.00. The predicted octanol–water partition coefficient (Wildman–Crippen LogP) is 4.09. The lowest BCUT2D eigenvalue weighted by Crippen LogP contribution is -2.42. The molecular weight excluding hydrogens is 404 g/mol. The van der Waals surface area contributed by atoms with Crippen molar-refractivity contribution in [3.8, 4) is 11.4 Å². The van der Waals surface area contributed by atoms with E-state index >= 15 is 0 Å². The van der Waals surface area contributed by atoms with Gasteiger partial charge >= 0.3 is 5.97 Å². The number of aromatic nitrogens is 1. The molecule has 0 unspecified atom stereocenters. The van der Waals surface area contributed by atoms with Crippen molar-refractivity contribution in [3.63, 3.8) is 0 Å². The Balaban J connectivity index is 1.91. The van der Waals surface area contributed by atoms with E-state index in [0.29, 0.717) is 0 Å². The SMILES string of the molecule is CCOC(=O)[C@@H](C)N1C(=O)S/C(=C/c2cc(C)n(-c3ccc(OC)cc3)c2C)C1=O. The lowest BCUT2D eigenvalue weighted by Gasteiger charge is -2.19. The zero-order chi connectivity index (χ0) is 22.0. The van der Waals surface area contributed by atoms with Gasteiger partial charge in [0.1, 0.15) is 11.8 Å². The molecule has 1 aromatic carbocycles. The van der Waals surface area contributed by atoms with Gasteiger partial charge in [-0.15, -0.1) is 0 Å². The normalized spacial score (nSPS) is 16.3. The molecule has 0 N–H and O–H groups in total. The van der Waals surface area contributed by atoms with E-state index in [1.807, 2.05) is 44.2 Å². The van der Waals surface area contributed by atoms with E-state index in [4.69, 9.17) is 9.47 Å². The first-order valence-corrected chi connectivity index (χ1v) is 10.4. The molecule has 3 rings (SSSR count). The molecule has 2 aromatic rings. The third kappa shape index (κ3) is 4.00. The van der Waals surface area contributed by atoms with Crippen LogP contribution in [0.25, 0.3) is 11.8 Å². The molecule has 1 atom stereocenters. The van der Waals surface area contributed by atoms with E-state index in [9.17, 15) is 14.4 Å². The summed E-state index contributed by atoms with van der Waals surface area (Å²) in [5.41, 5.74) is 3.72. The minimum absolute atomic E-state index is 0.187. The van der Waals surface area contributed by atoms with Gasteiger partial charge in [-0.2, -0.15) is 0 Å². The van der Waals surface area contributed by atoms with Crippen molar-refractivity contribution in [2.75, 3.05) is 13.7 Å². The number of methoxy groups -OCH3 is 1. The van der Waals surface area contributed by atoms with Gasteiger partial charge in [0.05, 0.1) is 18.6 Å². The van der Waals surface area contributed by atoms with Crippen LogP contribution >= 0.6 is 11.8 Å². The Morgan fingerprint density at radius 2 is 1.87 bits per heavy atom. The van der Waals surface area contributed by atoms with Gasteiger partial charge in [0.15, 0.2) is 0 Å². The van der Waals surface area contributed by atoms with Crippen molar-refractivity contribution < 1.29 is 23.9 Å². The third-order valence-corrected chi connectivity index (χ3v) is 5.81. The number of benzene rings is 1. The lowest BCUT2D eigenvalue weighted by molar-refractivity contribution is -0.150. The fourth-order valence-corrected chi connectivity index (χ4v) is 4.28. The van der Waals surface area contributed by atoms with Crippen molar-refractivity contribution in [2.24, 2.45) is 0 Å². The number of esters is 1. The third-order valence-electron chi connectivity index (χ3n) is 4.93. The van der Waals surface area contributed by atoms with Gasteiger partial charge in [-0.25, -0.2) is 4.79 Å². The summed E-state index contributed by atoms with van der Waals surface area (Å²) in [7, 11) is 1.62. The molecule has 0 saturated carbocycles. The summed E-state index contributed by atoms with van der Waals surface area (Å²) in [4.78, 5) is 38.4. The average Bonchev–Trinajstić information content (AvgIpc) is 3.16. The molecule has 30 heavy (non-hydrogen) atoms. The molecule has 8 heteroatoms. The summed E-state index contributed by atoms with van der Waals surface area (Å²) in [6.45, 7) is 7.29. The van der Waals surface area contributed by atoms with Gasteiger partial charge in [0.2, 0.25) is 0 Å². The second-order valence-corrected chi connectivity index (χ2v) is 7.83. The van der Waals surface area contributed by atoms with Crippen molar-refractivity contribution in [1.82, 2.24) is 9.47 Å². The molecule has 7 nitrogen and oxygen atoms in total. The average molecular weight is 429 g/mol. The van der Waals surface area contributed by atoms with Crippen LogP contribution in [0.3, 0.4) is 0 Å². The van der Waals surface area contributed by atoms with E-state index in [-0.39, 0.29) is 11.5 Å². The summed E-state index contributed by atoms with van der Waals surface area (Å²) in [6, 6.07) is 8.68. The minimum Gasteiger partial charge on any atom is -0.497 e. The smallest absolute Gasteiger partial charge is 0.329 e. The number of thioether (sulfide) groups is 1. The van der Waals surface area contributed by atoms with E-state index in [1.54, 1.807) is 20.1 Å². The fourth-order valence-electron chi connectivity index (χ4n) is 3.39. The zero-order valence-corrected chi connectivity index (χ0v) is 18.4. The molecular formula is C22H24N2O5S. The number of ether oxygens (including phenoxy) is 2. The Kier molecular flexibility index (Phi) is 6.36. The first kappa shape index (κ1) is 21.7. The molecule has 0 aliphatic carbocycles. The number of nitrogens with zero attached hydrogens (tertiary/aromatic N) is 2. The highest BCUT2D eigenvalue weighted by molar-refractivity contribution is 8.18. The van der Waals surface area contributed by atoms with E-state index < -0.39 is 23.2 Å². The maximum absolute atomic E-state index is 12.8. The fraction of sp³-hybridized carbons (Fsp3) is 0.318. The molecule has 2 amide bonds. The van der Waals surface area contributed by atoms with E-state index in [1.165, 1.54) is 6.92 Å². The van der Waals surface area contributed by atoms with Crippen LogP contribution in [0, 0.1) is 13.8 Å². The molecule has 2 heterocycles. The molecule has 158 valence electrons. The second-order valence-electron chi connectivity index (χ2n) is 6.84. The standard InChI is InChI=1S/C22H24N2O5S/c1-6-29-21(26)15(4)24-20(25)19(30-22(24)27)12-16-11-13(2)23(14(16)3)17-7-9-18(28-5)10-8-17/h7-12,15H,6H2,1-5H3/b19-12+/t15-/m1/s1. The maximum Gasteiger partial charge on any atom is 0.329 e. The molecule has 1 saturated heterocycles. The molecule has 0 radical (unpaired) electrons. The summed E-state index contributed by atoms with van der Waals surface area (Å²) < 4.78 is 12.2. The van der Waals surface area contributed by atoms with Gasteiger partial charge < -0.3 is 14.0 Å². The second kappa shape index (κ2) is 8.79. The summed E-state index contributed by atoms with van der Waals surface area (Å²) in [6.07, 6.45) is 1.70. The quantitative estimate of drug-likeness (QED) is 0.509. The maximum atomic E-state index is 12.8. The van der Waals surface area contributed by atoms with Crippen molar-refractivity contribution >= 4 is 35.0 Å². The van der Waals surface area contributed by atoms with Crippen LogP contribution in [0.5, 0.6) is 5.75 Å².